The molecule has 0 bridgehead atoms. The number of carbonyl (C=O) groups is 2. The molecule has 1 aromatic carbocycles. The minimum absolute atomic E-state index is 0.167. The molecule has 39 heavy (non-hydrogen) atoms. The maximum Gasteiger partial charge on any atom is 0.320 e. The molecule has 13 nitrogen and oxygen atoms in total. The Balaban J connectivity index is 1.48. The summed E-state index contributed by atoms with van der Waals surface area (Å²) in [5.41, 5.74) is 7.41. The molecule has 1 saturated heterocycles. The molecule has 0 saturated carbocycles. The van der Waals surface area contributed by atoms with Crippen molar-refractivity contribution >= 4 is 35.1 Å². The minimum atomic E-state index is -0.667. The fourth-order valence-corrected chi connectivity index (χ4v) is 4.76. The van der Waals surface area contributed by atoms with E-state index < -0.39 is 11.9 Å². The third-order valence-corrected chi connectivity index (χ3v) is 6.68. The van der Waals surface area contributed by atoms with Crippen molar-refractivity contribution in [3.05, 3.63) is 41.1 Å². The van der Waals surface area contributed by atoms with Gasteiger partial charge in [-0.2, -0.15) is 0 Å². The highest BCUT2D eigenvalue weighted by Gasteiger charge is 2.35. The smallest absolute Gasteiger partial charge is 0.320 e. The number of nitrogens with one attached hydrogen (secondary N) is 2. The molecular formula is C26H32N8O5. The molecule has 3 amide bonds. The van der Waals surface area contributed by atoms with Gasteiger partial charge in [-0.25, -0.2) is 14.8 Å². The highest BCUT2D eigenvalue weighted by Crippen LogP contribution is 2.44. The van der Waals surface area contributed by atoms with E-state index in [0.29, 0.717) is 48.6 Å². The number of aliphatic imine (C=N–C) groups is 2. The second-order valence-corrected chi connectivity index (χ2v) is 9.10. The van der Waals surface area contributed by atoms with Gasteiger partial charge >= 0.3 is 6.03 Å². The number of methoxy groups -OCH3 is 1. The molecule has 0 aliphatic carbocycles. The number of amides is 3. The van der Waals surface area contributed by atoms with Gasteiger partial charge in [-0.15, -0.1) is 0 Å². The van der Waals surface area contributed by atoms with Gasteiger partial charge in [0.05, 0.1) is 39.0 Å². The number of morpholine rings is 1. The second-order valence-electron chi connectivity index (χ2n) is 9.10. The number of primary amides is 1. The van der Waals surface area contributed by atoms with Crippen LogP contribution in [-0.4, -0.2) is 105 Å². The zero-order valence-electron chi connectivity index (χ0n) is 22.0. The molecule has 1 aromatic heterocycles. The Bertz CT molecular complexity index is 1320. The van der Waals surface area contributed by atoms with Gasteiger partial charge in [0.2, 0.25) is 0 Å². The van der Waals surface area contributed by atoms with Crippen LogP contribution in [0.4, 0.5) is 16.3 Å². The first-order valence-corrected chi connectivity index (χ1v) is 12.8. The lowest BCUT2D eigenvalue weighted by molar-refractivity contribution is 0.0357. The predicted octanol–water partition coefficient (Wildman–Crippen LogP) is 1.20. The van der Waals surface area contributed by atoms with E-state index >= 15 is 0 Å². The molecule has 5 rings (SSSR count). The summed E-state index contributed by atoms with van der Waals surface area (Å²) in [5, 5.41) is 5.11. The number of amidine groups is 2. The Morgan fingerprint density at radius 1 is 1.13 bits per heavy atom. The maximum absolute atomic E-state index is 12.4. The number of pyridine rings is 1. The third kappa shape index (κ3) is 5.49. The summed E-state index contributed by atoms with van der Waals surface area (Å²) >= 11 is 0. The Labute approximate surface area is 226 Å². The molecule has 3 aliphatic heterocycles. The summed E-state index contributed by atoms with van der Waals surface area (Å²) in [6.45, 7) is 5.90. The number of hydrogen-bond donors (Lipinski definition) is 3. The molecule has 0 radical (unpaired) electrons. The number of ether oxygens (including phenoxy) is 3. The highest BCUT2D eigenvalue weighted by molar-refractivity contribution is 6.22. The van der Waals surface area contributed by atoms with Crippen molar-refractivity contribution in [1.29, 1.82) is 0 Å². The summed E-state index contributed by atoms with van der Waals surface area (Å²) in [6.07, 6.45) is 0.853. The van der Waals surface area contributed by atoms with Crippen LogP contribution in [0.5, 0.6) is 11.5 Å². The van der Waals surface area contributed by atoms with Crippen LogP contribution in [0.2, 0.25) is 0 Å². The van der Waals surface area contributed by atoms with Crippen LogP contribution in [0.3, 0.4) is 0 Å². The van der Waals surface area contributed by atoms with E-state index in [1.807, 2.05) is 17.0 Å². The minimum Gasteiger partial charge on any atom is -0.491 e. The van der Waals surface area contributed by atoms with E-state index in [4.69, 9.17) is 29.9 Å². The van der Waals surface area contributed by atoms with Gasteiger partial charge < -0.3 is 30.2 Å². The quantitative estimate of drug-likeness (QED) is 0.404. The number of fused-ring (bicyclic) bond motifs is 3. The van der Waals surface area contributed by atoms with Crippen molar-refractivity contribution < 1.29 is 23.8 Å². The van der Waals surface area contributed by atoms with Crippen molar-refractivity contribution in [2.45, 2.75) is 6.42 Å². The predicted molar refractivity (Wildman–Crippen MR) is 146 cm³/mol. The van der Waals surface area contributed by atoms with Crippen molar-refractivity contribution in [3.8, 4) is 11.5 Å². The van der Waals surface area contributed by atoms with Crippen LogP contribution < -0.4 is 25.8 Å². The number of benzene rings is 1. The Morgan fingerprint density at radius 3 is 2.69 bits per heavy atom. The number of aromatic nitrogens is 1. The van der Waals surface area contributed by atoms with Crippen LogP contribution in [0.25, 0.3) is 0 Å². The zero-order chi connectivity index (χ0) is 27.4. The first kappa shape index (κ1) is 26.4. The normalized spacial score (nSPS) is 16.5. The van der Waals surface area contributed by atoms with E-state index in [9.17, 15) is 9.59 Å². The molecule has 0 atom stereocenters. The van der Waals surface area contributed by atoms with Crippen LogP contribution in [0.1, 0.15) is 28.0 Å². The zero-order valence-corrected chi connectivity index (χ0v) is 22.0. The first-order chi connectivity index (χ1) is 19.0. The molecule has 1 fully saturated rings. The molecule has 4 heterocycles. The number of urea groups is 1. The Kier molecular flexibility index (Phi) is 7.89. The van der Waals surface area contributed by atoms with E-state index in [-0.39, 0.29) is 17.1 Å². The molecule has 2 aromatic rings. The third-order valence-electron chi connectivity index (χ3n) is 6.68. The Morgan fingerprint density at radius 2 is 1.95 bits per heavy atom. The lowest BCUT2D eigenvalue weighted by atomic mass is 10.0. The summed E-state index contributed by atoms with van der Waals surface area (Å²) in [4.78, 5) is 42.6. The molecule has 4 N–H and O–H groups in total. The average Bonchev–Trinajstić information content (AvgIpc) is 3.45. The van der Waals surface area contributed by atoms with Gasteiger partial charge in [-0.05, 0) is 30.7 Å². The first-order valence-electron chi connectivity index (χ1n) is 12.8. The van der Waals surface area contributed by atoms with Crippen LogP contribution >= 0.6 is 0 Å². The summed E-state index contributed by atoms with van der Waals surface area (Å²) in [6, 6.07) is 6.37. The number of rotatable bonds is 9. The van der Waals surface area contributed by atoms with E-state index in [2.05, 4.69) is 20.5 Å². The number of nitrogens with two attached hydrogens (primary N) is 1. The Hall–Kier alpha value is -4.23. The van der Waals surface area contributed by atoms with Crippen LogP contribution in [0.15, 0.2) is 34.3 Å². The number of hydrogen-bond acceptors (Lipinski definition) is 10. The van der Waals surface area contributed by atoms with Gasteiger partial charge in [-0.1, -0.05) is 0 Å². The molecule has 0 unspecified atom stereocenters. The van der Waals surface area contributed by atoms with Gasteiger partial charge in [0, 0.05) is 38.8 Å². The van der Waals surface area contributed by atoms with Crippen molar-refractivity contribution in [3.63, 3.8) is 0 Å². The fourth-order valence-electron chi connectivity index (χ4n) is 4.76. The SMILES string of the molecule is CNC(=O)Nc1ccc(C(N)=O)c(C2=Nc3c(ccc(OCCCN4CCOCC4)c3OC)C3=NCCN32)n1. The van der Waals surface area contributed by atoms with Gasteiger partial charge in [0.15, 0.2) is 17.3 Å². The largest absolute Gasteiger partial charge is 0.491 e. The second kappa shape index (κ2) is 11.7. The number of carbonyl (C=O) groups excluding carboxylic acids is 2. The maximum atomic E-state index is 12.4. The topological polar surface area (TPSA) is 156 Å². The van der Waals surface area contributed by atoms with Crippen molar-refractivity contribution in [1.82, 2.24) is 20.1 Å². The van der Waals surface area contributed by atoms with Gasteiger partial charge in [-0.3, -0.25) is 20.0 Å². The van der Waals surface area contributed by atoms with E-state index in [1.54, 1.807) is 7.11 Å². The number of anilines is 1. The molecule has 206 valence electrons. The highest BCUT2D eigenvalue weighted by atomic mass is 16.5. The van der Waals surface area contributed by atoms with Crippen LogP contribution in [0, 0.1) is 0 Å². The molecule has 13 heteroatoms. The lowest BCUT2D eigenvalue weighted by Gasteiger charge is -2.29. The standard InChI is InChI=1S/C26H32N8O5/c1-28-26(36)31-19-7-5-16(23(27)35)21(30-19)25-32-20-17(24-29-8-10-34(24)25)4-6-18(22(20)37-2)39-13-3-9-33-11-14-38-15-12-33/h4-7H,3,8-15H2,1-2H3,(H2,27,35)(H2,28,30,31,36). The summed E-state index contributed by atoms with van der Waals surface area (Å²) < 4.78 is 17.3. The van der Waals surface area contributed by atoms with Gasteiger partial charge in [0.25, 0.3) is 5.91 Å². The lowest BCUT2D eigenvalue weighted by Crippen LogP contribution is -2.39. The van der Waals surface area contributed by atoms with Crippen molar-refractivity contribution in [2.75, 3.05) is 72.0 Å². The molecule has 0 spiro atoms. The summed E-state index contributed by atoms with van der Waals surface area (Å²) in [7, 11) is 3.06. The molecule has 3 aliphatic rings. The molecular weight excluding hydrogens is 504 g/mol. The monoisotopic (exact) mass is 536 g/mol. The van der Waals surface area contributed by atoms with E-state index in [0.717, 1.165) is 44.8 Å². The average molecular weight is 537 g/mol. The van der Waals surface area contributed by atoms with Gasteiger partial charge in [0.1, 0.15) is 23.0 Å². The van der Waals surface area contributed by atoms with E-state index in [1.165, 1.54) is 19.2 Å². The van der Waals surface area contributed by atoms with Crippen LogP contribution in [-0.2, 0) is 4.74 Å². The van der Waals surface area contributed by atoms with Crippen molar-refractivity contribution in [2.24, 2.45) is 15.7 Å². The number of nitrogens with zero attached hydrogens (tertiary/aromatic N) is 5. The fraction of sp³-hybridized carbons (Fsp3) is 0.423. The summed E-state index contributed by atoms with van der Waals surface area (Å²) in [5.74, 6) is 1.67.